The predicted molar refractivity (Wildman–Crippen MR) is 98.8 cm³/mol. The standard InChI is InChI=1S/C19H19N5O4/c1-23-15-7-3-2-6-13(15)21-16(23)10-20-17(25)9-14-18(26)24(19(27)22-14)11-12-5-4-8-28-12/h2-8,14H,9-11H2,1H3,(H,20,25)(H,22,27)/t14-/m1/s1. The van der Waals surface area contributed by atoms with E-state index in [1.54, 1.807) is 12.1 Å². The maximum atomic E-state index is 12.4. The van der Waals surface area contributed by atoms with Gasteiger partial charge in [0.25, 0.3) is 5.91 Å². The van der Waals surface area contributed by atoms with Crippen molar-refractivity contribution in [3.05, 3.63) is 54.2 Å². The number of fused-ring (bicyclic) bond motifs is 1. The topological polar surface area (TPSA) is 109 Å². The molecule has 3 heterocycles. The lowest BCUT2D eigenvalue weighted by Gasteiger charge is -2.11. The second kappa shape index (κ2) is 7.18. The number of benzene rings is 1. The van der Waals surface area contributed by atoms with Gasteiger partial charge in [0.2, 0.25) is 5.91 Å². The van der Waals surface area contributed by atoms with Crippen molar-refractivity contribution in [3.63, 3.8) is 0 Å². The molecule has 1 saturated heterocycles. The van der Waals surface area contributed by atoms with Crippen LogP contribution in [0.25, 0.3) is 11.0 Å². The molecule has 1 aromatic carbocycles. The van der Waals surface area contributed by atoms with Crippen LogP contribution in [0.1, 0.15) is 18.0 Å². The van der Waals surface area contributed by atoms with Gasteiger partial charge in [0.05, 0.1) is 36.8 Å². The Morgan fingerprint density at radius 3 is 2.82 bits per heavy atom. The van der Waals surface area contributed by atoms with Crippen LogP contribution in [-0.4, -0.2) is 38.3 Å². The quantitative estimate of drug-likeness (QED) is 0.626. The van der Waals surface area contributed by atoms with Crippen LogP contribution in [0.5, 0.6) is 0 Å². The maximum Gasteiger partial charge on any atom is 0.325 e. The minimum absolute atomic E-state index is 0.0373. The zero-order valence-corrected chi connectivity index (χ0v) is 15.2. The largest absolute Gasteiger partial charge is 0.467 e. The van der Waals surface area contributed by atoms with Gasteiger partial charge in [-0.05, 0) is 24.3 Å². The summed E-state index contributed by atoms with van der Waals surface area (Å²) < 4.78 is 7.08. The first-order chi connectivity index (χ1) is 13.5. The highest BCUT2D eigenvalue weighted by molar-refractivity contribution is 6.05. The van der Waals surface area contributed by atoms with E-state index in [0.29, 0.717) is 11.6 Å². The Morgan fingerprint density at radius 2 is 2.07 bits per heavy atom. The van der Waals surface area contributed by atoms with Crippen molar-refractivity contribution in [2.75, 3.05) is 0 Å². The molecule has 4 rings (SSSR count). The minimum atomic E-state index is -0.886. The molecule has 9 nitrogen and oxygen atoms in total. The number of imide groups is 1. The van der Waals surface area contributed by atoms with E-state index in [1.807, 2.05) is 35.9 Å². The van der Waals surface area contributed by atoms with Gasteiger partial charge in [-0.15, -0.1) is 0 Å². The van der Waals surface area contributed by atoms with Crippen molar-refractivity contribution in [3.8, 4) is 0 Å². The van der Waals surface area contributed by atoms with Gasteiger partial charge in [-0.3, -0.25) is 14.5 Å². The van der Waals surface area contributed by atoms with Crippen LogP contribution in [-0.2, 0) is 29.7 Å². The van der Waals surface area contributed by atoms with Gasteiger partial charge in [0, 0.05) is 7.05 Å². The first kappa shape index (κ1) is 17.8. The third-order valence-electron chi connectivity index (χ3n) is 4.71. The third kappa shape index (κ3) is 3.34. The first-order valence-electron chi connectivity index (χ1n) is 8.84. The molecule has 9 heteroatoms. The summed E-state index contributed by atoms with van der Waals surface area (Å²) in [5.74, 6) is 0.413. The van der Waals surface area contributed by atoms with Crippen molar-refractivity contribution in [1.82, 2.24) is 25.1 Å². The molecule has 4 amide bonds. The highest BCUT2D eigenvalue weighted by atomic mass is 16.3. The Morgan fingerprint density at radius 1 is 1.25 bits per heavy atom. The number of carbonyl (C=O) groups excluding carboxylic acids is 3. The molecule has 28 heavy (non-hydrogen) atoms. The Kier molecular flexibility index (Phi) is 4.56. The number of amides is 4. The summed E-state index contributed by atoms with van der Waals surface area (Å²) in [6.07, 6.45) is 1.34. The van der Waals surface area contributed by atoms with E-state index < -0.39 is 18.0 Å². The number of nitrogens with zero attached hydrogens (tertiary/aromatic N) is 3. The number of furan rings is 1. The Bertz CT molecular complexity index is 1040. The number of hydrogen-bond donors (Lipinski definition) is 2. The second-order valence-corrected chi connectivity index (χ2v) is 6.56. The molecule has 1 aliphatic heterocycles. The monoisotopic (exact) mass is 381 g/mol. The summed E-state index contributed by atoms with van der Waals surface area (Å²) in [5, 5.41) is 5.30. The fourth-order valence-electron chi connectivity index (χ4n) is 3.21. The zero-order valence-electron chi connectivity index (χ0n) is 15.2. The van der Waals surface area contributed by atoms with Gasteiger partial charge in [0.1, 0.15) is 17.6 Å². The van der Waals surface area contributed by atoms with E-state index in [0.717, 1.165) is 15.9 Å². The molecule has 0 bridgehead atoms. The predicted octanol–water partition coefficient (Wildman–Crippen LogP) is 1.29. The lowest BCUT2D eigenvalue weighted by atomic mass is 10.2. The highest BCUT2D eigenvalue weighted by Crippen LogP contribution is 2.16. The number of nitrogens with one attached hydrogen (secondary N) is 2. The van der Waals surface area contributed by atoms with Gasteiger partial charge in [-0.2, -0.15) is 0 Å². The zero-order chi connectivity index (χ0) is 19.7. The summed E-state index contributed by atoms with van der Waals surface area (Å²) in [4.78, 5) is 42.3. The number of rotatable bonds is 6. The van der Waals surface area contributed by atoms with Gasteiger partial charge in [-0.1, -0.05) is 12.1 Å². The van der Waals surface area contributed by atoms with Gasteiger partial charge < -0.3 is 19.6 Å². The second-order valence-electron chi connectivity index (χ2n) is 6.56. The van der Waals surface area contributed by atoms with E-state index in [1.165, 1.54) is 6.26 Å². The van der Waals surface area contributed by atoms with Crippen molar-refractivity contribution in [2.24, 2.45) is 7.05 Å². The van der Waals surface area contributed by atoms with Crippen molar-refractivity contribution in [1.29, 1.82) is 0 Å². The molecule has 1 aliphatic rings. The first-order valence-corrected chi connectivity index (χ1v) is 8.84. The van der Waals surface area contributed by atoms with Crippen molar-refractivity contribution in [2.45, 2.75) is 25.6 Å². The Balaban J connectivity index is 1.35. The molecule has 0 saturated carbocycles. The maximum absolute atomic E-state index is 12.4. The number of aryl methyl sites for hydroxylation is 1. The average Bonchev–Trinajstić information content (AvgIpc) is 3.37. The number of aromatic nitrogens is 2. The normalized spacial score (nSPS) is 16.6. The van der Waals surface area contributed by atoms with E-state index in [4.69, 9.17) is 4.42 Å². The number of urea groups is 1. The van der Waals surface area contributed by atoms with Gasteiger partial charge >= 0.3 is 6.03 Å². The molecular weight excluding hydrogens is 362 g/mol. The lowest BCUT2D eigenvalue weighted by Crippen LogP contribution is -2.36. The molecule has 144 valence electrons. The van der Waals surface area contributed by atoms with Crippen LogP contribution in [0.2, 0.25) is 0 Å². The summed E-state index contributed by atoms with van der Waals surface area (Å²) >= 11 is 0. The molecule has 2 N–H and O–H groups in total. The fourth-order valence-corrected chi connectivity index (χ4v) is 3.21. The Labute approximate surface area is 160 Å². The number of para-hydroxylation sites is 2. The number of imidazole rings is 1. The van der Waals surface area contributed by atoms with E-state index in [2.05, 4.69) is 15.6 Å². The van der Waals surface area contributed by atoms with Crippen LogP contribution < -0.4 is 10.6 Å². The molecule has 0 spiro atoms. The molecule has 0 radical (unpaired) electrons. The van der Waals surface area contributed by atoms with E-state index >= 15 is 0 Å². The number of carbonyl (C=O) groups is 3. The number of hydrogen-bond acceptors (Lipinski definition) is 5. The molecule has 1 atom stereocenters. The molecule has 0 unspecified atom stereocenters. The summed E-state index contributed by atoms with van der Waals surface area (Å²) in [5.41, 5.74) is 1.82. The van der Waals surface area contributed by atoms with E-state index in [-0.39, 0.29) is 25.4 Å². The molecule has 3 aromatic rings. The summed E-state index contributed by atoms with van der Waals surface area (Å²) in [7, 11) is 1.88. The smallest absolute Gasteiger partial charge is 0.325 e. The fraction of sp³-hybridized carbons (Fsp3) is 0.263. The van der Waals surface area contributed by atoms with Crippen LogP contribution in [0.4, 0.5) is 4.79 Å². The van der Waals surface area contributed by atoms with Gasteiger partial charge in [-0.25, -0.2) is 9.78 Å². The molecule has 1 fully saturated rings. The molecule has 2 aromatic heterocycles. The lowest BCUT2D eigenvalue weighted by molar-refractivity contribution is -0.131. The molecular formula is C19H19N5O4. The van der Waals surface area contributed by atoms with Crippen LogP contribution >= 0.6 is 0 Å². The van der Waals surface area contributed by atoms with Crippen LogP contribution in [0.3, 0.4) is 0 Å². The molecule has 0 aliphatic carbocycles. The highest BCUT2D eigenvalue weighted by Gasteiger charge is 2.39. The SMILES string of the molecule is Cn1c(CNC(=O)C[C@H]2NC(=O)N(Cc3ccco3)C2=O)nc2ccccc21. The minimum Gasteiger partial charge on any atom is -0.467 e. The Hall–Kier alpha value is -3.62. The average molecular weight is 381 g/mol. The van der Waals surface area contributed by atoms with E-state index in [9.17, 15) is 14.4 Å². The van der Waals surface area contributed by atoms with Crippen molar-refractivity contribution < 1.29 is 18.8 Å². The van der Waals surface area contributed by atoms with Crippen LogP contribution in [0.15, 0.2) is 47.1 Å². The summed E-state index contributed by atoms with van der Waals surface area (Å²) in [6, 6.07) is 9.62. The van der Waals surface area contributed by atoms with Crippen LogP contribution in [0, 0.1) is 0 Å². The van der Waals surface area contributed by atoms with Crippen molar-refractivity contribution >= 4 is 28.9 Å². The summed E-state index contributed by atoms with van der Waals surface area (Å²) in [6.45, 7) is 0.268. The third-order valence-corrected chi connectivity index (χ3v) is 4.71. The van der Waals surface area contributed by atoms with Gasteiger partial charge in [0.15, 0.2) is 0 Å².